The molecule has 0 radical (unpaired) electrons. The number of nitrogens with zero attached hydrogens (tertiary/aromatic N) is 3. The highest BCUT2D eigenvalue weighted by molar-refractivity contribution is 5.53. The molecule has 2 rings (SSSR count). The summed E-state index contributed by atoms with van der Waals surface area (Å²) in [5.41, 5.74) is 0.812. The Morgan fingerprint density at radius 2 is 1.50 bits per heavy atom. The summed E-state index contributed by atoms with van der Waals surface area (Å²) in [5, 5.41) is 9.67. The Balaban J connectivity index is 2.37. The molecule has 1 unspecified atom stereocenters. The highest BCUT2D eigenvalue weighted by Crippen LogP contribution is 2.39. The van der Waals surface area contributed by atoms with Gasteiger partial charge in [0.15, 0.2) is 11.5 Å². The second kappa shape index (κ2) is 7.34. The SMILES string of the molecule is COc1cc(OC)c(C(C#N)N2CCN(C)CC2)cc1OC. The number of rotatable bonds is 5. The molecule has 0 saturated carbocycles. The van der Waals surface area contributed by atoms with Gasteiger partial charge in [-0.2, -0.15) is 5.26 Å². The number of piperazine rings is 1. The van der Waals surface area contributed by atoms with Crippen LogP contribution in [-0.4, -0.2) is 64.4 Å². The predicted octanol–water partition coefficient (Wildman–Crippen LogP) is 1.52. The Bertz CT molecular complexity index is 548. The van der Waals surface area contributed by atoms with E-state index in [-0.39, 0.29) is 6.04 Å². The van der Waals surface area contributed by atoms with Crippen molar-refractivity contribution in [3.05, 3.63) is 17.7 Å². The van der Waals surface area contributed by atoms with Gasteiger partial charge in [-0.1, -0.05) is 0 Å². The van der Waals surface area contributed by atoms with Gasteiger partial charge in [-0.05, 0) is 13.1 Å². The first-order chi connectivity index (χ1) is 10.6. The van der Waals surface area contributed by atoms with Gasteiger partial charge in [0, 0.05) is 37.8 Å². The van der Waals surface area contributed by atoms with Gasteiger partial charge in [-0.3, -0.25) is 4.90 Å². The molecule has 0 amide bonds. The lowest BCUT2D eigenvalue weighted by Crippen LogP contribution is -2.45. The third kappa shape index (κ3) is 3.26. The lowest BCUT2D eigenvalue weighted by Gasteiger charge is -2.35. The van der Waals surface area contributed by atoms with Crippen LogP contribution in [0.25, 0.3) is 0 Å². The molecule has 0 N–H and O–H groups in total. The fraction of sp³-hybridized carbons (Fsp3) is 0.562. The number of hydrogen-bond acceptors (Lipinski definition) is 6. The smallest absolute Gasteiger partial charge is 0.164 e. The summed E-state index contributed by atoms with van der Waals surface area (Å²) in [4.78, 5) is 4.43. The summed E-state index contributed by atoms with van der Waals surface area (Å²) < 4.78 is 16.1. The van der Waals surface area contributed by atoms with Gasteiger partial charge in [0.1, 0.15) is 11.8 Å². The summed E-state index contributed by atoms with van der Waals surface area (Å²) in [7, 11) is 6.86. The summed E-state index contributed by atoms with van der Waals surface area (Å²) in [6.07, 6.45) is 0. The number of benzene rings is 1. The molecule has 1 aromatic rings. The van der Waals surface area contributed by atoms with E-state index in [0.717, 1.165) is 31.7 Å². The van der Waals surface area contributed by atoms with Gasteiger partial charge in [0.25, 0.3) is 0 Å². The average molecular weight is 305 g/mol. The van der Waals surface area contributed by atoms with E-state index in [9.17, 15) is 5.26 Å². The monoisotopic (exact) mass is 305 g/mol. The van der Waals surface area contributed by atoms with E-state index in [1.165, 1.54) is 0 Å². The van der Waals surface area contributed by atoms with Crippen LogP contribution < -0.4 is 14.2 Å². The maximum absolute atomic E-state index is 9.67. The molecule has 1 aliphatic rings. The van der Waals surface area contributed by atoms with Crippen LogP contribution in [0.1, 0.15) is 11.6 Å². The lowest BCUT2D eigenvalue weighted by molar-refractivity contribution is 0.131. The van der Waals surface area contributed by atoms with Crippen molar-refractivity contribution >= 4 is 0 Å². The van der Waals surface area contributed by atoms with E-state index in [1.807, 2.05) is 6.07 Å². The van der Waals surface area contributed by atoms with Crippen LogP contribution in [-0.2, 0) is 0 Å². The Morgan fingerprint density at radius 3 is 2.00 bits per heavy atom. The van der Waals surface area contributed by atoms with Crippen molar-refractivity contribution in [1.82, 2.24) is 9.80 Å². The van der Waals surface area contributed by atoms with E-state index in [0.29, 0.717) is 17.2 Å². The fourth-order valence-corrected chi connectivity index (χ4v) is 2.69. The zero-order chi connectivity index (χ0) is 16.1. The minimum absolute atomic E-state index is 0.358. The summed E-state index contributed by atoms with van der Waals surface area (Å²) in [6.45, 7) is 3.61. The molecule has 22 heavy (non-hydrogen) atoms. The Morgan fingerprint density at radius 1 is 0.955 bits per heavy atom. The molecule has 1 heterocycles. The average Bonchev–Trinajstić information content (AvgIpc) is 2.56. The van der Waals surface area contributed by atoms with Crippen molar-refractivity contribution in [2.45, 2.75) is 6.04 Å². The topological polar surface area (TPSA) is 58.0 Å². The summed E-state index contributed by atoms with van der Waals surface area (Å²) in [5.74, 6) is 1.84. The third-order valence-corrected chi connectivity index (χ3v) is 4.06. The van der Waals surface area contributed by atoms with Gasteiger partial charge in [0.2, 0.25) is 0 Å². The number of hydrogen-bond donors (Lipinski definition) is 0. The van der Waals surface area contributed by atoms with E-state index >= 15 is 0 Å². The standard InChI is InChI=1S/C16H23N3O3/c1-18-5-7-19(8-6-18)13(11-17)12-9-15(21-3)16(22-4)10-14(12)20-2/h9-10,13H,5-8H2,1-4H3. The van der Waals surface area contributed by atoms with Crippen LogP contribution in [0.2, 0.25) is 0 Å². The van der Waals surface area contributed by atoms with Gasteiger partial charge in [-0.25, -0.2) is 0 Å². The Hall–Kier alpha value is -1.97. The van der Waals surface area contributed by atoms with Crippen LogP contribution in [0, 0.1) is 11.3 Å². The first kappa shape index (κ1) is 16.4. The maximum Gasteiger partial charge on any atom is 0.164 e. The van der Waals surface area contributed by atoms with Gasteiger partial charge in [-0.15, -0.1) is 0 Å². The Kier molecular flexibility index (Phi) is 5.47. The molecule has 6 heteroatoms. The van der Waals surface area contributed by atoms with E-state index < -0.39 is 0 Å². The molecule has 1 fully saturated rings. The van der Waals surface area contributed by atoms with Crippen molar-refractivity contribution in [2.24, 2.45) is 0 Å². The van der Waals surface area contributed by atoms with Crippen LogP contribution in [0.4, 0.5) is 0 Å². The second-order valence-corrected chi connectivity index (χ2v) is 5.32. The number of likely N-dealkylation sites (N-methyl/N-ethyl adjacent to an activating group) is 1. The highest BCUT2D eigenvalue weighted by Gasteiger charge is 2.27. The minimum Gasteiger partial charge on any atom is -0.496 e. The summed E-state index contributed by atoms with van der Waals surface area (Å²) >= 11 is 0. The fourth-order valence-electron chi connectivity index (χ4n) is 2.69. The molecule has 0 aliphatic carbocycles. The molecule has 1 atom stereocenters. The quantitative estimate of drug-likeness (QED) is 0.822. The van der Waals surface area contributed by atoms with Gasteiger partial charge in [0.05, 0.1) is 27.4 Å². The van der Waals surface area contributed by atoms with E-state index in [1.54, 1.807) is 27.4 Å². The van der Waals surface area contributed by atoms with Crippen molar-refractivity contribution in [3.8, 4) is 23.3 Å². The van der Waals surface area contributed by atoms with Crippen LogP contribution in [0.15, 0.2) is 12.1 Å². The predicted molar refractivity (Wildman–Crippen MR) is 83.5 cm³/mol. The number of ether oxygens (including phenoxy) is 3. The second-order valence-electron chi connectivity index (χ2n) is 5.32. The molecule has 0 bridgehead atoms. The molecule has 1 saturated heterocycles. The number of methoxy groups -OCH3 is 3. The normalized spacial score (nSPS) is 17.6. The largest absolute Gasteiger partial charge is 0.496 e. The van der Waals surface area contributed by atoms with Crippen molar-refractivity contribution in [3.63, 3.8) is 0 Å². The van der Waals surface area contributed by atoms with E-state index in [4.69, 9.17) is 14.2 Å². The molecular weight excluding hydrogens is 282 g/mol. The van der Waals surface area contributed by atoms with Crippen LogP contribution in [0.3, 0.4) is 0 Å². The minimum atomic E-state index is -0.358. The zero-order valence-electron chi connectivity index (χ0n) is 13.6. The molecule has 1 aromatic carbocycles. The zero-order valence-corrected chi connectivity index (χ0v) is 13.6. The number of nitriles is 1. The summed E-state index contributed by atoms with van der Waals surface area (Å²) in [6, 6.07) is 5.65. The molecule has 0 spiro atoms. The van der Waals surface area contributed by atoms with Gasteiger partial charge >= 0.3 is 0 Å². The van der Waals surface area contributed by atoms with E-state index in [2.05, 4.69) is 22.9 Å². The molecule has 0 aromatic heterocycles. The van der Waals surface area contributed by atoms with Gasteiger partial charge < -0.3 is 19.1 Å². The maximum atomic E-state index is 9.67. The highest BCUT2D eigenvalue weighted by atomic mass is 16.5. The third-order valence-electron chi connectivity index (χ3n) is 4.06. The molecular formula is C16H23N3O3. The van der Waals surface area contributed by atoms with Crippen molar-refractivity contribution in [1.29, 1.82) is 5.26 Å². The van der Waals surface area contributed by atoms with Crippen molar-refractivity contribution < 1.29 is 14.2 Å². The first-order valence-electron chi connectivity index (χ1n) is 7.26. The van der Waals surface area contributed by atoms with Crippen molar-refractivity contribution in [2.75, 3.05) is 54.6 Å². The van der Waals surface area contributed by atoms with Crippen LogP contribution >= 0.6 is 0 Å². The molecule has 1 aliphatic heterocycles. The Labute approximate surface area is 131 Å². The lowest BCUT2D eigenvalue weighted by atomic mass is 10.0. The molecule has 120 valence electrons. The molecule has 6 nitrogen and oxygen atoms in total. The first-order valence-corrected chi connectivity index (χ1v) is 7.26. The van der Waals surface area contributed by atoms with Crippen LogP contribution in [0.5, 0.6) is 17.2 Å².